The van der Waals surface area contributed by atoms with E-state index in [4.69, 9.17) is 28.3 Å². The van der Waals surface area contributed by atoms with E-state index in [1.165, 1.54) is 30.3 Å². The molecule has 0 saturated carbocycles. The van der Waals surface area contributed by atoms with Crippen molar-refractivity contribution in [3.63, 3.8) is 0 Å². The molecule has 0 unspecified atom stereocenters. The van der Waals surface area contributed by atoms with E-state index in [9.17, 15) is 9.90 Å². The fraction of sp³-hybridized carbons (Fsp3) is 0. The van der Waals surface area contributed by atoms with Crippen LogP contribution >= 0.6 is 23.2 Å². The molecule has 0 radical (unpaired) electrons. The zero-order valence-corrected chi connectivity index (χ0v) is 11.5. The van der Waals surface area contributed by atoms with Crippen molar-refractivity contribution in [1.82, 2.24) is 0 Å². The number of carbonyl (C=O) groups is 1. The Bertz CT molecular complexity index is 743. The molecule has 0 aliphatic carbocycles. The van der Waals surface area contributed by atoms with E-state index in [0.717, 1.165) is 0 Å². The van der Waals surface area contributed by atoms with E-state index in [2.05, 4.69) is 11.8 Å². The molecular formula is C15H8Cl2O3. The molecule has 3 nitrogen and oxygen atoms in total. The second-order valence-electron chi connectivity index (χ2n) is 3.91. The summed E-state index contributed by atoms with van der Waals surface area (Å²) >= 11 is 11.9. The standard InChI is InChI=1S/C15H8Cl2O3/c16-13-7-11(15(19)20)4-3-9(13)1-2-10-5-6-12(18)8-14(10)17/h3-8,18H,(H,19,20). The third-order valence-corrected chi connectivity index (χ3v) is 3.13. The molecule has 0 fully saturated rings. The average molecular weight is 307 g/mol. The van der Waals surface area contributed by atoms with Gasteiger partial charge in [0.1, 0.15) is 5.75 Å². The van der Waals surface area contributed by atoms with Gasteiger partial charge in [-0.15, -0.1) is 0 Å². The zero-order valence-electron chi connectivity index (χ0n) is 10.0. The first-order valence-electron chi connectivity index (χ1n) is 5.51. The number of benzene rings is 2. The molecule has 2 aromatic carbocycles. The van der Waals surface area contributed by atoms with Crippen LogP contribution in [-0.2, 0) is 0 Å². The van der Waals surface area contributed by atoms with Gasteiger partial charge in [0.25, 0.3) is 0 Å². The molecule has 2 N–H and O–H groups in total. The maximum Gasteiger partial charge on any atom is 0.335 e. The number of hydrogen-bond acceptors (Lipinski definition) is 2. The van der Waals surface area contributed by atoms with Crippen molar-refractivity contribution in [2.45, 2.75) is 0 Å². The number of phenols is 1. The topological polar surface area (TPSA) is 57.5 Å². The molecule has 0 bridgehead atoms. The Morgan fingerprint density at radius 2 is 1.50 bits per heavy atom. The van der Waals surface area contributed by atoms with Crippen molar-refractivity contribution >= 4 is 29.2 Å². The fourth-order valence-electron chi connectivity index (χ4n) is 1.49. The molecule has 0 atom stereocenters. The van der Waals surface area contributed by atoms with Crippen molar-refractivity contribution in [3.05, 3.63) is 63.1 Å². The summed E-state index contributed by atoms with van der Waals surface area (Å²) in [5.74, 6) is 4.65. The van der Waals surface area contributed by atoms with Gasteiger partial charge in [-0.25, -0.2) is 4.79 Å². The maximum absolute atomic E-state index is 10.8. The Labute approximate surface area is 125 Å². The normalized spacial score (nSPS) is 9.70. The lowest BCUT2D eigenvalue weighted by Crippen LogP contribution is -1.96. The SMILES string of the molecule is O=C(O)c1ccc(C#Cc2ccc(O)cc2Cl)c(Cl)c1. The lowest BCUT2D eigenvalue weighted by Gasteiger charge is -1.99. The molecule has 0 aliphatic rings. The van der Waals surface area contributed by atoms with E-state index in [1.807, 2.05) is 0 Å². The van der Waals surface area contributed by atoms with E-state index in [0.29, 0.717) is 16.1 Å². The molecule has 0 aliphatic heterocycles. The van der Waals surface area contributed by atoms with Gasteiger partial charge < -0.3 is 10.2 Å². The summed E-state index contributed by atoms with van der Waals surface area (Å²) in [5, 5.41) is 18.7. The number of carboxylic acid groups (broad SMARTS) is 1. The molecule has 0 aromatic heterocycles. The molecule has 20 heavy (non-hydrogen) atoms. The van der Waals surface area contributed by atoms with E-state index in [-0.39, 0.29) is 16.3 Å². The Balaban J connectivity index is 2.36. The van der Waals surface area contributed by atoms with Crippen LogP contribution in [0.5, 0.6) is 5.75 Å². The number of hydrogen-bond donors (Lipinski definition) is 2. The van der Waals surface area contributed by atoms with Gasteiger partial charge in [-0.2, -0.15) is 0 Å². The Morgan fingerprint density at radius 3 is 2.00 bits per heavy atom. The number of rotatable bonds is 1. The number of aromatic carboxylic acids is 1. The lowest BCUT2D eigenvalue weighted by molar-refractivity contribution is 0.0697. The minimum Gasteiger partial charge on any atom is -0.508 e. The van der Waals surface area contributed by atoms with Crippen LogP contribution in [0.4, 0.5) is 0 Å². The summed E-state index contributed by atoms with van der Waals surface area (Å²) in [5.41, 5.74) is 1.15. The third kappa shape index (κ3) is 3.24. The second-order valence-corrected chi connectivity index (χ2v) is 4.73. The van der Waals surface area contributed by atoms with Gasteiger partial charge in [-0.05, 0) is 36.4 Å². The Kier molecular flexibility index (Phi) is 4.19. The Morgan fingerprint density at radius 1 is 0.950 bits per heavy atom. The van der Waals surface area contributed by atoms with Crippen LogP contribution in [0.25, 0.3) is 0 Å². The summed E-state index contributed by atoms with van der Waals surface area (Å²) in [6.07, 6.45) is 0. The number of aromatic hydroxyl groups is 1. The number of phenolic OH excluding ortho intramolecular Hbond substituents is 1. The van der Waals surface area contributed by atoms with E-state index < -0.39 is 5.97 Å². The van der Waals surface area contributed by atoms with E-state index >= 15 is 0 Å². The van der Waals surface area contributed by atoms with Crippen LogP contribution < -0.4 is 0 Å². The molecule has 2 aromatic rings. The highest BCUT2D eigenvalue weighted by molar-refractivity contribution is 6.32. The fourth-order valence-corrected chi connectivity index (χ4v) is 1.94. The van der Waals surface area contributed by atoms with Crippen molar-refractivity contribution in [3.8, 4) is 17.6 Å². The summed E-state index contributed by atoms with van der Waals surface area (Å²) in [7, 11) is 0. The monoisotopic (exact) mass is 306 g/mol. The average Bonchev–Trinajstić information content (AvgIpc) is 2.38. The van der Waals surface area contributed by atoms with Crippen LogP contribution in [0.2, 0.25) is 10.0 Å². The zero-order chi connectivity index (χ0) is 14.7. The van der Waals surface area contributed by atoms with E-state index in [1.54, 1.807) is 6.07 Å². The quantitative estimate of drug-likeness (QED) is 0.788. The summed E-state index contributed by atoms with van der Waals surface area (Å²) in [4.78, 5) is 10.8. The van der Waals surface area contributed by atoms with Crippen LogP contribution in [0.3, 0.4) is 0 Å². The highest BCUT2D eigenvalue weighted by Crippen LogP contribution is 2.21. The molecule has 0 saturated heterocycles. The van der Waals surface area contributed by atoms with Crippen LogP contribution in [0, 0.1) is 11.8 Å². The molecule has 5 heteroatoms. The first-order chi connectivity index (χ1) is 9.47. The number of halogens is 2. The van der Waals surface area contributed by atoms with Crippen molar-refractivity contribution < 1.29 is 15.0 Å². The predicted octanol–water partition coefficient (Wildman–Crippen LogP) is 3.80. The molecular weight excluding hydrogens is 299 g/mol. The van der Waals surface area contributed by atoms with Crippen LogP contribution in [0.15, 0.2) is 36.4 Å². The second kappa shape index (κ2) is 5.87. The molecule has 2 rings (SSSR count). The summed E-state index contributed by atoms with van der Waals surface area (Å²) < 4.78 is 0. The van der Waals surface area contributed by atoms with Gasteiger partial charge in [-0.3, -0.25) is 0 Å². The van der Waals surface area contributed by atoms with Gasteiger partial charge in [0.05, 0.1) is 15.6 Å². The Hall–Kier alpha value is -2.15. The third-order valence-electron chi connectivity index (χ3n) is 2.50. The maximum atomic E-state index is 10.8. The van der Waals surface area contributed by atoms with Gasteiger partial charge in [-0.1, -0.05) is 35.0 Å². The lowest BCUT2D eigenvalue weighted by atomic mass is 10.1. The van der Waals surface area contributed by atoms with Crippen LogP contribution in [0.1, 0.15) is 21.5 Å². The molecule has 0 heterocycles. The first-order valence-corrected chi connectivity index (χ1v) is 6.26. The molecule has 0 amide bonds. The smallest absolute Gasteiger partial charge is 0.335 e. The molecule has 0 spiro atoms. The summed E-state index contributed by atoms with van der Waals surface area (Å²) in [6, 6.07) is 8.76. The van der Waals surface area contributed by atoms with Gasteiger partial charge >= 0.3 is 5.97 Å². The minimum absolute atomic E-state index is 0.0596. The highest BCUT2D eigenvalue weighted by Gasteiger charge is 2.05. The minimum atomic E-state index is -1.05. The number of carboxylic acids is 1. The van der Waals surface area contributed by atoms with Crippen LogP contribution in [-0.4, -0.2) is 16.2 Å². The summed E-state index contributed by atoms with van der Waals surface area (Å²) in [6.45, 7) is 0. The van der Waals surface area contributed by atoms with Crippen molar-refractivity contribution in [1.29, 1.82) is 0 Å². The van der Waals surface area contributed by atoms with Crippen molar-refractivity contribution in [2.75, 3.05) is 0 Å². The van der Waals surface area contributed by atoms with Gasteiger partial charge in [0, 0.05) is 11.1 Å². The highest BCUT2D eigenvalue weighted by atomic mass is 35.5. The first kappa shape index (κ1) is 14.3. The van der Waals surface area contributed by atoms with Gasteiger partial charge in [0.15, 0.2) is 0 Å². The largest absolute Gasteiger partial charge is 0.508 e. The van der Waals surface area contributed by atoms with Crippen molar-refractivity contribution in [2.24, 2.45) is 0 Å². The molecule has 100 valence electrons. The predicted molar refractivity (Wildman–Crippen MR) is 77.5 cm³/mol. The van der Waals surface area contributed by atoms with Gasteiger partial charge in [0.2, 0.25) is 0 Å².